The molecule has 0 aromatic heterocycles. The summed E-state index contributed by atoms with van der Waals surface area (Å²) in [5.74, 6) is 0.261. The number of aryl methyl sites for hydroxylation is 2. The lowest BCUT2D eigenvalue weighted by Crippen LogP contribution is -2.28. The van der Waals surface area contributed by atoms with Crippen molar-refractivity contribution in [1.29, 1.82) is 0 Å². The third-order valence-electron chi connectivity index (χ3n) is 4.42. The molecule has 2 rings (SSSR count). The maximum atomic E-state index is 12.2. The van der Waals surface area contributed by atoms with Gasteiger partial charge in [-0.3, -0.25) is 14.9 Å². The predicted molar refractivity (Wildman–Crippen MR) is 106 cm³/mol. The van der Waals surface area contributed by atoms with Crippen LogP contribution in [0.15, 0.2) is 42.5 Å². The number of carbonyl (C=O) groups excluding carboxylic acids is 1. The summed E-state index contributed by atoms with van der Waals surface area (Å²) in [4.78, 5) is 22.7. The molecule has 0 fully saturated rings. The molecule has 0 aliphatic carbocycles. The van der Waals surface area contributed by atoms with Crippen molar-refractivity contribution in [1.82, 2.24) is 5.32 Å². The first kappa shape index (κ1) is 20.0. The summed E-state index contributed by atoms with van der Waals surface area (Å²) in [6, 6.07) is 12.7. The van der Waals surface area contributed by atoms with Gasteiger partial charge in [0, 0.05) is 17.4 Å². The number of nitro groups is 1. The molecule has 26 heavy (non-hydrogen) atoms. The number of nitrogens with zero attached hydrogens (tertiary/aromatic N) is 1. The largest absolute Gasteiger partial charge is 0.349 e. The molecule has 0 spiro atoms. The highest BCUT2D eigenvalue weighted by Crippen LogP contribution is 2.30. The maximum absolute atomic E-state index is 12.2. The molecule has 0 unspecified atom stereocenters. The number of carbonyl (C=O) groups is 1. The number of hydrogen-bond acceptors (Lipinski definition) is 4. The Morgan fingerprint density at radius 3 is 2.50 bits per heavy atom. The predicted octanol–water partition coefficient (Wildman–Crippen LogP) is 4.88. The van der Waals surface area contributed by atoms with E-state index in [2.05, 4.69) is 31.3 Å². The molecule has 1 N–H and O–H groups in total. The van der Waals surface area contributed by atoms with E-state index in [9.17, 15) is 14.9 Å². The van der Waals surface area contributed by atoms with Crippen molar-refractivity contribution >= 4 is 23.4 Å². The third-order valence-corrected chi connectivity index (χ3v) is 5.62. The van der Waals surface area contributed by atoms with Gasteiger partial charge in [0.1, 0.15) is 0 Å². The Bertz CT molecular complexity index is 807. The van der Waals surface area contributed by atoms with Crippen LogP contribution in [-0.2, 0) is 4.79 Å². The van der Waals surface area contributed by atoms with Crippen molar-refractivity contribution in [3.05, 3.63) is 74.8 Å². The van der Waals surface area contributed by atoms with Gasteiger partial charge in [-0.25, -0.2) is 0 Å². The Kier molecular flexibility index (Phi) is 6.80. The van der Waals surface area contributed by atoms with Gasteiger partial charge in [-0.15, -0.1) is 11.8 Å². The summed E-state index contributed by atoms with van der Waals surface area (Å²) < 4.78 is 0. The normalized spacial score (nSPS) is 13.1. The zero-order valence-corrected chi connectivity index (χ0v) is 16.3. The second kappa shape index (κ2) is 8.85. The Morgan fingerprint density at radius 2 is 1.85 bits per heavy atom. The quantitative estimate of drug-likeness (QED) is 0.555. The van der Waals surface area contributed by atoms with Gasteiger partial charge in [-0.05, 0) is 49.9 Å². The van der Waals surface area contributed by atoms with Gasteiger partial charge in [0.2, 0.25) is 5.91 Å². The molecule has 0 bridgehead atoms. The van der Waals surface area contributed by atoms with Crippen molar-refractivity contribution in [2.24, 2.45) is 0 Å². The van der Waals surface area contributed by atoms with Crippen LogP contribution >= 0.6 is 11.8 Å². The number of nitro benzene ring substituents is 1. The summed E-state index contributed by atoms with van der Waals surface area (Å²) in [5, 5.41) is 13.9. The van der Waals surface area contributed by atoms with Crippen LogP contribution in [0.3, 0.4) is 0 Å². The molecule has 5 nitrogen and oxygen atoms in total. The minimum Gasteiger partial charge on any atom is -0.349 e. The van der Waals surface area contributed by atoms with E-state index in [-0.39, 0.29) is 22.9 Å². The van der Waals surface area contributed by atoms with Gasteiger partial charge in [-0.1, -0.05) is 30.3 Å². The molecular formula is C20H24N2O3S. The van der Waals surface area contributed by atoms with E-state index in [4.69, 9.17) is 0 Å². The highest BCUT2D eigenvalue weighted by Gasteiger charge is 2.15. The second-order valence-electron chi connectivity index (χ2n) is 6.44. The molecule has 2 aromatic carbocycles. The summed E-state index contributed by atoms with van der Waals surface area (Å²) in [6.07, 6.45) is 0. The lowest BCUT2D eigenvalue weighted by molar-refractivity contribution is -0.384. The molecule has 2 aromatic rings. The lowest BCUT2D eigenvalue weighted by Gasteiger charge is -2.17. The molecular weight excluding hydrogens is 348 g/mol. The highest BCUT2D eigenvalue weighted by atomic mass is 32.2. The number of amides is 1. The van der Waals surface area contributed by atoms with Gasteiger partial charge in [-0.2, -0.15) is 0 Å². The average Bonchev–Trinajstić information content (AvgIpc) is 2.62. The van der Waals surface area contributed by atoms with Crippen molar-refractivity contribution in [3.8, 4) is 0 Å². The lowest BCUT2D eigenvalue weighted by atomic mass is 10.0. The van der Waals surface area contributed by atoms with Crippen LogP contribution in [0.4, 0.5) is 5.69 Å². The monoisotopic (exact) mass is 372 g/mol. The second-order valence-corrected chi connectivity index (χ2v) is 7.77. The highest BCUT2D eigenvalue weighted by molar-refractivity contribution is 8.00. The fourth-order valence-corrected chi connectivity index (χ4v) is 3.41. The molecule has 138 valence electrons. The van der Waals surface area contributed by atoms with E-state index in [1.807, 2.05) is 26.0 Å². The van der Waals surface area contributed by atoms with Crippen molar-refractivity contribution in [2.45, 2.75) is 39.0 Å². The molecule has 2 atom stereocenters. The number of non-ortho nitro benzene ring substituents is 1. The van der Waals surface area contributed by atoms with Gasteiger partial charge in [0.25, 0.3) is 5.69 Å². The Balaban J connectivity index is 1.90. The van der Waals surface area contributed by atoms with Crippen LogP contribution in [0.25, 0.3) is 0 Å². The first-order chi connectivity index (χ1) is 12.3. The molecule has 0 saturated carbocycles. The fraction of sp³-hybridized carbons (Fsp3) is 0.350. The van der Waals surface area contributed by atoms with E-state index in [1.54, 1.807) is 12.1 Å². The van der Waals surface area contributed by atoms with Gasteiger partial charge < -0.3 is 5.32 Å². The smallest absolute Gasteiger partial charge is 0.269 e. The zero-order valence-electron chi connectivity index (χ0n) is 15.5. The zero-order chi connectivity index (χ0) is 19.3. The number of thioether (sulfide) groups is 1. The van der Waals surface area contributed by atoms with Crippen LogP contribution in [0, 0.1) is 24.0 Å². The number of nitrogens with one attached hydrogen (secondary N) is 1. The van der Waals surface area contributed by atoms with Gasteiger partial charge in [0.05, 0.1) is 16.7 Å². The first-order valence-electron chi connectivity index (χ1n) is 8.50. The third kappa shape index (κ3) is 5.33. The van der Waals surface area contributed by atoms with Gasteiger partial charge >= 0.3 is 0 Å². The summed E-state index contributed by atoms with van der Waals surface area (Å²) >= 11 is 1.47. The maximum Gasteiger partial charge on any atom is 0.269 e. The Morgan fingerprint density at radius 1 is 1.12 bits per heavy atom. The van der Waals surface area contributed by atoms with E-state index in [0.717, 1.165) is 11.1 Å². The number of hydrogen-bond donors (Lipinski definition) is 1. The standard InChI is InChI=1S/C20H24N2O3S/c1-13-8-9-17(10-14(13)2)15(3)21-20(23)12-26-16(4)18-6-5-7-19(11-18)22(24)25/h5-11,15-16H,12H2,1-4H3,(H,21,23)/t15-,16+/m1/s1. The summed E-state index contributed by atoms with van der Waals surface area (Å²) in [7, 11) is 0. The SMILES string of the molecule is Cc1ccc([C@@H](C)NC(=O)CS[C@@H](C)c2cccc([N+](=O)[O-])c2)cc1C. The Hall–Kier alpha value is -2.34. The molecule has 0 radical (unpaired) electrons. The average molecular weight is 372 g/mol. The minimum atomic E-state index is -0.404. The summed E-state index contributed by atoms with van der Waals surface area (Å²) in [6.45, 7) is 8.04. The molecule has 0 saturated heterocycles. The van der Waals surface area contributed by atoms with Crippen LogP contribution in [0.5, 0.6) is 0 Å². The number of benzene rings is 2. The van der Waals surface area contributed by atoms with Crippen molar-refractivity contribution < 1.29 is 9.72 Å². The number of rotatable bonds is 7. The summed E-state index contributed by atoms with van der Waals surface area (Å²) in [5.41, 5.74) is 4.44. The first-order valence-corrected chi connectivity index (χ1v) is 9.55. The van der Waals surface area contributed by atoms with E-state index < -0.39 is 4.92 Å². The molecule has 0 heterocycles. The van der Waals surface area contributed by atoms with Crippen LogP contribution < -0.4 is 5.32 Å². The molecule has 6 heteroatoms. The van der Waals surface area contributed by atoms with Gasteiger partial charge in [0.15, 0.2) is 0 Å². The van der Waals surface area contributed by atoms with Crippen LogP contribution in [-0.4, -0.2) is 16.6 Å². The van der Waals surface area contributed by atoms with Crippen LogP contribution in [0.2, 0.25) is 0 Å². The molecule has 0 aliphatic rings. The van der Waals surface area contributed by atoms with Crippen molar-refractivity contribution in [2.75, 3.05) is 5.75 Å². The fourth-order valence-electron chi connectivity index (χ4n) is 2.59. The van der Waals surface area contributed by atoms with Crippen molar-refractivity contribution in [3.63, 3.8) is 0 Å². The van der Waals surface area contributed by atoms with E-state index in [1.165, 1.54) is 29.0 Å². The van der Waals surface area contributed by atoms with Crippen LogP contribution in [0.1, 0.15) is 47.4 Å². The topological polar surface area (TPSA) is 72.2 Å². The minimum absolute atomic E-state index is 0.00224. The van der Waals surface area contributed by atoms with E-state index >= 15 is 0 Å². The molecule has 1 amide bonds. The Labute approximate surface area is 158 Å². The van der Waals surface area contributed by atoms with E-state index in [0.29, 0.717) is 5.75 Å². The molecule has 0 aliphatic heterocycles.